The van der Waals surface area contributed by atoms with Crippen molar-refractivity contribution < 1.29 is 4.79 Å². The first kappa shape index (κ1) is 17.5. The minimum absolute atomic E-state index is 0.0354. The Morgan fingerprint density at radius 1 is 1.42 bits per heavy atom. The molecule has 26 heavy (non-hydrogen) atoms. The van der Waals surface area contributed by atoms with Crippen LogP contribution in [0.4, 0.5) is 11.4 Å². The Balaban J connectivity index is 1.92. The Kier molecular flexibility index (Phi) is 4.93. The molecule has 0 saturated heterocycles. The Bertz CT molecular complexity index is 881. The number of nitriles is 1. The molecule has 2 heterocycles. The van der Waals surface area contributed by atoms with Gasteiger partial charge < -0.3 is 22.1 Å². The molecule has 0 aliphatic heterocycles. The number of aromatic nitrogens is 2. The number of anilines is 2. The summed E-state index contributed by atoms with van der Waals surface area (Å²) in [7, 11) is 0. The van der Waals surface area contributed by atoms with Gasteiger partial charge in [-0.2, -0.15) is 10.4 Å². The molecule has 9 nitrogen and oxygen atoms in total. The summed E-state index contributed by atoms with van der Waals surface area (Å²) in [5.41, 5.74) is 14.1. The van der Waals surface area contributed by atoms with Gasteiger partial charge in [0.1, 0.15) is 12.3 Å². The average molecular weight is 354 g/mol. The van der Waals surface area contributed by atoms with Gasteiger partial charge in [-0.15, -0.1) is 0 Å². The van der Waals surface area contributed by atoms with E-state index in [-0.39, 0.29) is 30.2 Å². The van der Waals surface area contributed by atoms with Crippen LogP contribution in [0.3, 0.4) is 0 Å². The smallest absolute Gasteiger partial charge is 0.234 e. The molecule has 7 N–H and O–H groups in total. The molecule has 0 spiro atoms. The number of hydrogen-bond donors (Lipinski definition) is 5. The zero-order chi connectivity index (χ0) is 18.7. The summed E-state index contributed by atoms with van der Waals surface area (Å²) in [6, 6.07) is 3.51. The minimum atomic E-state index is -0.273. The number of rotatable bonds is 5. The number of amides is 1. The second-order valence-corrected chi connectivity index (χ2v) is 6.49. The number of hydrogen-bond acceptors (Lipinski definition) is 6. The second kappa shape index (κ2) is 7.31. The maximum absolute atomic E-state index is 11.9. The van der Waals surface area contributed by atoms with Gasteiger partial charge in [0.05, 0.1) is 40.9 Å². The predicted octanol–water partition coefficient (Wildman–Crippen LogP) is 0.954. The van der Waals surface area contributed by atoms with E-state index in [1.807, 2.05) is 6.07 Å². The van der Waals surface area contributed by atoms with Gasteiger partial charge in [-0.3, -0.25) is 10.2 Å². The highest BCUT2D eigenvalue weighted by Gasteiger charge is 2.28. The summed E-state index contributed by atoms with van der Waals surface area (Å²) in [5.74, 6) is -0.368. The van der Waals surface area contributed by atoms with Gasteiger partial charge in [-0.05, 0) is 18.9 Å². The molecule has 3 rings (SSSR count). The van der Waals surface area contributed by atoms with Crippen LogP contribution in [0.25, 0.3) is 5.52 Å². The van der Waals surface area contributed by atoms with Crippen molar-refractivity contribution in [2.24, 2.45) is 5.73 Å². The molecule has 0 unspecified atom stereocenters. The van der Waals surface area contributed by atoms with Crippen LogP contribution in [-0.4, -0.2) is 33.4 Å². The van der Waals surface area contributed by atoms with Crippen molar-refractivity contribution in [3.05, 3.63) is 24.0 Å². The molecule has 0 aromatic carbocycles. The second-order valence-electron chi connectivity index (χ2n) is 6.49. The van der Waals surface area contributed by atoms with Crippen LogP contribution in [0.15, 0.2) is 18.5 Å². The molecule has 2 aromatic rings. The van der Waals surface area contributed by atoms with Gasteiger partial charge in [0.15, 0.2) is 0 Å². The van der Waals surface area contributed by atoms with E-state index in [9.17, 15) is 4.79 Å². The number of nitrogens with one attached hydrogen (secondary N) is 3. The molecule has 0 bridgehead atoms. The summed E-state index contributed by atoms with van der Waals surface area (Å²) in [6.45, 7) is 0. The maximum Gasteiger partial charge on any atom is 0.234 e. The van der Waals surface area contributed by atoms with Crippen LogP contribution in [0.5, 0.6) is 0 Å². The topological polar surface area (TPSA) is 158 Å². The number of fused-ring (bicyclic) bond motifs is 1. The third-order valence-corrected chi connectivity index (χ3v) is 4.63. The van der Waals surface area contributed by atoms with Crippen LogP contribution >= 0.6 is 0 Å². The van der Waals surface area contributed by atoms with Crippen LogP contribution in [0, 0.1) is 16.7 Å². The summed E-state index contributed by atoms with van der Waals surface area (Å²) < 4.78 is 1.64. The number of carbonyl (C=O) groups is 1. The van der Waals surface area contributed by atoms with Gasteiger partial charge in [0.2, 0.25) is 5.91 Å². The van der Waals surface area contributed by atoms with E-state index in [4.69, 9.17) is 22.1 Å². The Hall–Kier alpha value is -3.28. The van der Waals surface area contributed by atoms with E-state index in [0.717, 1.165) is 31.2 Å². The van der Waals surface area contributed by atoms with Gasteiger partial charge in [-0.1, -0.05) is 12.8 Å². The van der Waals surface area contributed by atoms with Crippen molar-refractivity contribution in [1.82, 2.24) is 14.9 Å². The highest BCUT2D eigenvalue weighted by Crippen LogP contribution is 2.28. The SMILES string of the molecule is N#CCC(=O)N[C@H]1CCCC[C@@H]1Nc1c(C(=N)N)cnn2cc(N)cc12. The van der Waals surface area contributed by atoms with Gasteiger partial charge in [-0.25, -0.2) is 4.52 Å². The van der Waals surface area contributed by atoms with Gasteiger partial charge in [0, 0.05) is 12.1 Å². The molecule has 1 aliphatic carbocycles. The lowest BCUT2D eigenvalue weighted by atomic mass is 9.89. The summed E-state index contributed by atoms with van der Waals surface area (Å²) in [6.07, 6.45) is 6.80. The first-order valence-electron chi connectivity index (χ1n) is 8.53. The van der Waals surface area contributed by atoms with Crippen LogP contribution < -0.4 is 22.1 Å². The number of nitrogen functional groups attached to an aromatic ring is 2. The molecule has 1 saturated carbocycles. The van der Waals surface area contributed by atoms with Gasteiger partial charge >= 0.3 is 0 Å². The predicted molar refractivity (Wildman–Crippen MR) is 98.7 cm³/mol. The highest BCUT2D eigenvalue weighted by molar-refractivity contribution is 6.03. The molecular weight excluding hydrogens is 332 g/mol. The fourth-order valence-electron chi connectivity index (χ4n) is 3.42. The van der Waals surface area contributed by atoms with E-state index in [0.29, 0.717) is 16.9 Å². The van der Waals surface area contributed by atoms with Gasteiger partial charge in [0.25, 0.3) is 0 Å². The number of nitrogens with two attached hydrogens (primary N) is 2. The third-order valence-electron chi connectivity index (χ3n) is 4.63. The molecule has 1 fully saturated rings. The Labute approximate surface area is 150 Å². The lowest BCUT2D eigenvalue weighted by Gasteiger charge is -2.34. The van der Waals surface area contributed by atoms with Crippen molar-refractivity contribution >= 4 is 28.6 Å². The molecule has 1 aliphatic rings. The molecule has 0 radical (unpaired) electrons. The standard InChI is InChI=1S/C17H22N8O/c18-6-5-15(26)23-12-3-1-2-4-13(12)24-16-11(17(20)21)8-22-25-9-10(19)7-14(16)25/h7-9,12-13,24H,1-5,19H2,(H3,20,21)(H,23,26)/t12-,13-/m0/s1. The number of amidine groups is 1. The van der Waals surface area contributed by atoms with Crippen LogP contribution in [-0.2, 0) is 4.79 Å². The zero-order valence-corrected chi connectivity index (χ0v) is 14.3. The fraction of sp³-hybridized carbons (Fsp3) is 0.412. The monoisotopic (exact) mass is 354 g/mol. The average Bonchev–Trinajstić information content (AvgIpc) is 2.97. The summed E-state index contributed by atoms with van der Waals surface area (Å²) in [4.78, 5) is 11.9. The van der Waals surface area contributed by atoms with Crippen molar-refractivity contribution in [2.45, 2.75) is 44.2 Å². The summed E-state index contributed by atoms with van der Waals surface area (Å²) in [5, 5.41) is 27.2. The Morgan fingerprint density at radius 2 is 2.15 bits per heavy atom. The van der Waals surface area contributed by atoms with E-state index < -0.39 is 0 Å². The molecule has 9 heteroatoms. The highest BCUT2D eigenvalue weighted by atomic mass is 16.1. The first-order valence-corrected chi connectivity index (χ1v) is 8.53. The number of nitrogens with zero attached hydrogens (tertiary/aromatic N) is 3. The minimum Gasteiger partial charge on any atom is -0.397 e. The molecule has 2 atom stereocenters. The van der Waals surface area contributed by atoms with Crippen LogP contribution in [0.1, 0.15) is 37.7 Å². The summed E-state index contributed by atoms with van der Waals surface area (Å²) >= 11 is 0. The van der Waals surface area contributed by atoms with E-state index in [1.165, 1.54) is 6.20 Å². The van der Waals surface area contributed by atoms with E-state index in [2.05, 4.69) is 15.7 Å². The quantitative estimate of drug-likeness (QED) is 0.397. The third kappa shape index (κ3) is 3.54. The molecule has 1 amide bonds. The molecular formula is C17H22N8O. The zero-order valence-electron chi connectivity index (χ0n) is 14.3. The van der Waals surface area contributed by atoms with Crippen molar-refractivity contribution in [3.8, 4) is 6.07 Å². The first-order chi connectivity index (χ1) is 12.5. The fourth-order valence-corrected chi connectivity index (χ4v) is 3.42. The van der Waals surface area contributed by atoms with Crippen LogP contribution in [0.2, 0.25) is 0 Å². The van der Waals surface area contributed by atoms with Crippen molar-refractivity contribution in [3.63, 3.8) is 0 Å². The number of carbonyl (C=O) groups excluding carboxylic acids is 1. The van der Waals surface area contributed by atoms with Crippen molar-refractivity contribution in [1.29, 1.82) is 10.7 Å². The molecule has 136 valence electrons. The van der Waals surface area contributed by atoms with E-state index >= 15 is 0 Å². The van der Waals surface area contributed by atoms with Crippen molar-refractivity contribution in [2.75, 3.05) is 11.1 Å². The largest absolute Gasteiger partial charge is 0.397 e. The Morgan fingerprint density at radius 3 is 2.85 bits per heavy atom. The normalized spacial score (nSPS) is 19.7. The lowest BCUT2D eigenvalue weighted by Crippen LogP contribution is -2.48. The maximum atomic E-state index is 11.9. The lowest BCUT2D eigenvalue weighted by molar-refractivity contribution is -0.121. The van der Waals surface area contributed by atoms with E-state index in [1.54, 1.807) is 16.8 Å². The molecule has 2 aromatic heterocycles.